The maximum atomic E-state index is 13.1. The van der Waals surface area contributed by atoms with E-state index in [2.05, 4.69) is 5.32 Å². The number of amides is 4. The van der Waals surface area contributed by atoms with Crippen LogP contribution in [0.1, 0.15) is 56.9 Å². The van der Waals surface area contributed by atoms with E-state index < -0.39 is 29.6 Å². The Morgan fingerprint density at radius 3 is 2.45 bits per heavy atom. The van der Waals surface area contributed by atoms with Crippen LogP contribution in [0.25, 0.3) is 0 Å². The summed E-state index contributed by atoms with van der Waals surface area (Å²) in [6.07, 6.45) is 4.95. The van der Waals surface area contributed by atoms with Crippen molar-refractivity contribution < 1.29 is 23.9 Å². The lowest BCUT2D eigenvalue weighted by Gasteiger charge is -2.42. The molecule has 9 nitrogen and oxygen atoms in total. The van der Waals surface area contributed by atoms with Crippen molar-refractivity contribution in [3.05, 3.63) is 35.9 Å². The summed E-state index contributed by atoms with van der Waals surface area (Å²) in [6.45, 7) is 0.956. The van der Waals surface area contributed by atoms with Crippen molar-refractivity contribution in [1.82, 2.24) is 15.1 Å². The number of primary amides is 1. The molecular formula is C24H32N4O5. The minimum absolute atomic E-state index is 0.135. The van der Waals surface area contributed by atoms with Crippen LogP contribution in [0.4, 0.5) is 4.79 Å². The van der Waals surface area contributed by atoms with Gasteiger partial charge in [0.25, 0.3) is 0 Å². The van der Waals surface area contributed by atoms with E-state index in [0.29, 0.717) is 45.2 Å². The molecule has 3 aliphatic rings. The van der Waals surface area contributed by atoms with Gasteiger partial charge >= 0.3 is 6.09 Å². The molecule has 3 fully saturated rings. The average molecular weight is 457 g/mol. The highest BCUT2D eigenvalue weighted by molar-refractivity contribution is 5.96. The molecule has 2 heterocycles. The third-order valence-corrected chi connectivity index (χ3v) is 7.17. The fourth-order valence-electron chi connectivity index (χ4n) is 5.35. The molecule has 2 aliphatic heterocycles. The molecule has 1 aromatic carbocycles. The van der Waals surface area contributed by atoms with Gasteiger partial charge < -0.3 is 20.7 Å². The second kappa shape index (κ2) is 9.80. The van der Waals surface area contributed by atoms with Gasteiger partial charge in [0.1, 0.15) is 24.2 Å². The summed E-state index contributed by atoms with van der Waals surface area (Å²) in [5, 5.41) is 2.82. The smallest absolute Gasteiger partial charge is 0.410 e. The van der Waals surface area contributed by atoms with Crippen LogP contribution >= 0.6 is 0 Å². The standard InChI is InChI=1S/C24H32N4O5/c25-22(31)24(12-5-2-6-13-24)28-15-11-18(21(28)30)26-20(29)19-10-7-14-27(19)23(32)33-16-17-8-3-1-4-9-17/h1,3-4,8-9,18-19H,2,5-7,10-16H2,(H2,25,31)(H,26,29)/t18-,19+/m1/s1. The predicted octanol–water partition coefficient (Wildman–Crippen LogP) is 1.69. The number of likely N-dealkylation sites (tertiary alicyclic amines) is 2. The van der Waals surface area contributed by atoms with E-state index in [0.717, 1.165) is 24.8 Å². The summed E-state index contributed by atoms with van der Waals surface area (Å²) in [5.74, 6) is -1.09. The molecule has 2 atom stereocenters. The van der Waals surface area contributed by atoms with Gasteiger partial charge in [-0.05, 0) is 37.7 Å². The van der Waals surface area contributed by atoms with E-state index in [1.54, 1.807) is 4.90 Å². The quantitative estimate of drug-likeness (QED) is 0.675. The Morgan fingerprint density at radius 1 is 1.03 bits per heavy atom. The zero-order valence-electron chi connectivity index (χ0n) is 18.8. The van der Waals surface area contributed by atoms with Crippen molar-refractivity contribution in [2.24, 2.45) is 5.73 Å². The van der Waals surface area contributed by atoms with E-state index in [1.807, 2.05) is 30.3 Å². The van der Waals surface area contributed by atoms with Crippen molar-refractivity contribution in [3.63, 3.8) is 0 Å². The molecular weight excluding hydrogens is 424 g/mol. The van der Waals surface area contributed by atoms with Gasteiger partial charge in [0.15, 0.2) is 0 Å². The number of carbonyl (C=O) groups excluding carboxylic acids is 4. The van der Waals surface area contributed by atoms with Crippen LogP contribution in [0.2, 0.25) is 0 Å². The molecule has 9 heteroatoms. The number of ether oxygens (including phenoxy) is 1. The number of rotatable bonds is 6. The molecule has 0 bridgehead atoms. The van der Waals surface area contributed by atoms with Gasteiger partial charge in [-0.2, -0.15) is 0 Å². The first-order valence-corrected chi connectivity index (χ1v) is 11.8. The number of hydrogen-bond acceptors (Lipinski definition) is 5. The van der Waals surface area contributed by atoms with Gasteiger partial charge in [-0.15, -0.1) is 0 Å². The van der Waals surface area contributed by atoms with Crippen LogP contribution in [-0.4, -0.2) is 64.3 Å². The van der Waals surface area contributed by atoms with Gasteiger partial charge in [-0.25, -0.2) is 4.79 Å². The third-order valence-electron chi connectivity index (χ3n) is 7.17. The van der Waals surface area contributed by atoms with Gasteiger partial charge in [0.05, 0.1) is 0 Å². The van der Waals surface area contributed by atoms with Crippen LogP contribution in [0, 0.1) is 0 Å². The summed E-state index contributed by atoms with van der Waals surface area (Å²) in [5.41, 5.74) is 5.65. The van der Waals surface area contributed by atoms with E-state index in [4.69, 9.17) is 10.5 Å². The van der Waals surface area contributed by atoms with Crippen molar-refractivity contribution in [2.75, 3.05) is 13.1 Å². The largest absolute Gasteiger partial charge is 0.445 e. The summed E-state index contributed by atoms with van der Waals surface area (Å²) in [4.78, 5) is 54.1. The molecule has 1 aliphatic carbocycles. The molecule has 0 unspecified atom stereocenters. The Morgan fingerprint density at radius 2 is 1.76 bits per heavy atom. The topological polar surface area (TPSA) is 122 Å². The Kier molecular flexibility index (Phi) is 6.85. The fraction of sp³-hybridized carbons (Fsp3) is 0.583. The SMILES string of the molecule is NC(=O)C1(N2CC[C@@H](NC(=O)[C@@H]3CCCN3C(=O)OCc3ccccc3)C2=O)CCCCC1. The molecule has 0 aromatic heterocycles. The van der Waals surface area contributed by atoms with Crippen LogP contribution in [0.5, 0.6) is 0 Å². The molecule has 2 saturated heterocycles. The zero-order valence-corrected chi connectivity index (χ0v) is 18.8. The maximum absolute atomic E-state index is 13.1. The second-order valence-corrected chi connectivity index (χ2v) is 9.19. The highest BCUT2D eigenvalue weighted by atomic mass is 16.6. The molecule has 1 aromatic rings. The zero-order chi connectivity index (χ0) is 23.4. The van der Waals surface area contributed by atoms with Crippen molar-refractivity contribution in [1.29, 1.82) is 0 Å². The third kappa shape index (κ3) is 4.67. The minimum atomic E-state index is -0.949. The second-order valence-electron chi connectivity index (χ2n) is 9.19. The number of hydrogen-bond donors (Lipinski definition) is 2. The lowest BCUT2D eigenvalue weighted by molar-refractivity contribution is -0.146. The number of carbonyl (C=O) groups is 4. The molecule has 33 heavy (non-hydrogen) atoms. The highest BCUT2D eigenvalue weighted by Gasteiger charge is 2.50. The molecule has 178 valence electrons. The molecule has 4 rings (SSSR count). The first-order chi connectivity index (χ1) is 15.9. The molecule has 4 amide bonds. The van der Waals surface area contributed by atoms with Gasteiger partial charge in [-0.1, -0.05) is 49.6 Å². The Hall–Kier alpha value is -3.10. The first-order valence-electron chi connectivity index (χ1n) is 11.8. The summed E-state index contributed by atoms with van der Waals surface area (Å²) < 4.78 is 5.40. The molecule has 3 N–H and O–H groups in total. The molecule has 0 spiro atoms. The number of nitrogens with zero attached hydrogens (tertiary/aromatic N) is 2. The van der Waals surface area contributed by atoms with E-state index in [1.165, 1.54) is 4.90 Å². The lowest BCUT2D eigenvalue weighted by atomic mass is 9.79. The van der Waals surface area contributed by atoms with Gasteiger partial charge in [0.2, 0.25) is 17.7 Å². The normalized spacial score (nSPS) is 24.5. The highest BCUT2D eigenvalue weighted by Crippen LogP contribution is 2.36. The van der Waals surface area contributed by atoms with E-state index in [-0.39, 0.29) is 18.4 Å². The first kappa shape index (κ1) is 23.1. The van der Waals surface area contributed by atoms with Crippen LogP contribution in [0.3, 0.4) is 0 Å². The van der Waals surface area contributed by atoms with Crippen LogP contribution < -0.4 is 11.1 Å². The van der Waals surface area contributed by atoms with E-state index in [9.17, 15) is 19.2 Å². The molecule has 0 radical (unpaired) electrons. The number of benzene rings is 1. The summed E-state index contributed by atoms with van der Waals surface area (Å²) in [6, 6.07) is 7.97. The maximum Gasteiger partial charge on any atom is 0.410 e. The minimum Gasteiger partial charge on any atom is -0.445 e. The van der Waals surface area contributed by atoms with Crippen LogP contribution in [-0.2, 0) is 25.7 Å². The fourth-order valence-corrected chi connectivity index (χ4v) is 5.35. The Bertz CT molecular complexity index is 899. The average Bonchev–Trinajstić information content (AvgIpc) is 3.46. The van der Waals surface area contributed by atoms with Gasteiger partial charge in [-0.3, -0.25) is 19.3 Å². The summed E-state index contributed by atoms with van der Waals surface area (Å²) in [7, 11) is 0. The van der Waals surface area contributed by atoms with E-state index >= 15 is 0 Å². The Labute approximate surface area is 193 Å². The van der Waals surface area contributed by atoms with Crippen LogP contribution in [0.15, 0.2) is 30.3 Å². The monoisotopic (exact) mass is 456 g/mol. The number of nitrogens with one attached hydrogen (secondary N) is 1. The summed E-state index contributed by atoms with van der Waals surface area (Å²) >= 11 is 0. The lowest BCUT2D eigenvalue weighted by Crippen LogP contribution is -2.60. The van der Waals surface area contributed by atoms with Crippen molar-refractivity contribution in [3.8, 4) is 0 Å². The van der Waals surface area contributed by atoms with Crippen molar-refractivity contribution in [2.45, 2.75) is 75.6 Å². The molecule has 1 saturated carbocycles. The Balaban J connectivity index is 1.36. The van der Waals surface area contributed by atoms with Gasteiger partial charge in [0, 0.05) is 13.1 Å². The van der Waals surface area contributed by atoms with Crippen molar-refractivity contribution >= 4 is 23.8 Å². The number of nitrogens with two attached hydrogens (primary N) is 1. The predicted molar refractivity (Wildman–Crippen MR) is 120 cm³/mol.